The lowest BCUT2D eigenvalue weighted by Crippen LogP contribution is -2.56. The SMILES string of the molecule is CC[C@](C)(CO[Si](C)(C)C(C)(C)C)N[S@@+]([O-])C(C)(C)C. The van der Waals surface area contributed by atoms with Crippen LogP contribution in [0.2, 0.25) is 18.1 Å². The zero-order chi connectivity index (χ0) is 16.4. The molecule has 0 saturated heterocycles. The van der Waals surface area contributed by atoms with E-state index in [0.29, 0.717) is 6.61 Å². The van der Waals surface area contributed by atoms with E-state index in [2.05, 4.69) is 52.4 Å². The van der Waals surface area contributed by atoms with Gasteiger partial charge in [0.2, 0.25) is 0 Å². The van der Waals surface area contributed by atoms with Gasteiger partial charge in [-0.1, -0.05) is 27.7 Å². The molecule has 5 heteroatoms. The molecule has 1 N–H and O–H groups in total. The molecule has 0 amide bonds. The summed E-state index contributed by atoms with van der Waals surface area (Å²) < 4.78 is 21.6. The minimum Gasteiger partial charge on any atom is -0.598 e. The minimum absolute atomic E-state index is 0.199. The van der Waals surface area contributed by atoms with E-state index in [1.807, 2.05) is 20.8 Å². The Morgan fingerprint density at radius 2 is 1.50 bits per heavy atom. The number of hydrogen-bond donors (Lipinski definition) is 1. The van der Waals surface area contributed by atoms with Gasteiger partial charge in [0.05, 0.1) is 12.1 Å². The van der Waals surface area contributed by atoms with Crippen LogP contribution in [0.4, 0.5) is 0 Å². The van der Waals surface area contributed by atoms with E-state index < -0.39 is 19.7 Å². The van der Waals surface area contributed by atoms with Gasteiger partial charge in [-0.15, -0.1) is 4.72 Å². The molecule has 0 bridgehead atoms. The van der Waals surface area contributed by atoms with Crippen molar-refractivity contribution in [3.05, 3.63) is 0 Å². The molecule has 0 unspecified atom stereocenters. The summed E-state index contributed by atoms with van der Waals surface area (Å²) in [6, 6.07) is 0. The third-order valence-electron chi connectivity index (χ3n) is 4.23. The molecule has 0 aromatic rings. The molecule has 0 rings (SSSR count). The Kier molecular flexibility index (Phi) is 6.84. The largest absolute Gasteiger partial charge is 0.598 e. The molecule has 0 aromatic carbocycles. The summed E-state index contributed by atoms with van der Waals surface area (Å²) in [5.74, 6) is 0. The van der Waals surface area contributed by atoms with Crippen molar-refractivity contribution in [2.24, 2.45) is 0 Å². The fourth-order valence-electron chi connectivity index (χ4n) is 1.14. The summed E-state index contributed by atoms with van der Waals surface area (Å²) >= 11 is -1.07. The lowest BCUT2D eigenvalue weighted by atomic mass is 10.0. The van der Waals surface area contributed by atoms with Crippen LogP contribution < -0.4 is 4.72 Å². The average Bonchev–Trinajstić information content (AvgIpc) is 2.23. The molecule has 0 aliphatic rings. The smallest absolute Gasteiger partial charge is 0.192 e. The molecular formula is C15H35NO2SSi. The van der Waals surface area contributed by atoms with Crippen molar-refractivity contribution >= 4 is 19.7 Å². The third kappa shape index (κ3) is 6.06. The highest BCUT2D eigenvalue weighted by Crippen LogP contribution is 2.37. The fraction of sp³-hybridized carbons (Fsp3) is 1.00. The first-order valence-electron chi connectivity index (χ1n) is 7.48. The van der Waals surface area contributed by atoms with E-state index >= 15 is 0 Å². The standard InChI is InChI=1S/C15H35NO2SSi/c1-11-15(8,16-19(17)13(2,3)4)12-18-20(9,10)14(5,6)7/h16H,11-12H2,1-10H3/t15-,19+/m1/s1. The Hall–Kier alpha value is 0.447. The molecule has 0 spiro atoms. The first-order chi connectivity index (χ1) is 8.65. The summed E-state index contributed by atoms with van der Waals surface area (Å²) in [6.07, 6.45) is 0.892. The molecule has 3 nitrogen and oxygen atoms in total. The van der Waals surface area contributed by atoms with Crippen molar-refractivity contribution in [3.63, 3.8) is 0 Å². The van der Waals surface area contributed by atoms with Crippen LogP contribution in [0.25, 0.3) is 0 Å². The second-order valence-corrected chi connectivity index (χ2v) is 15.2. The summed E-state index contributed by atoms with van der Waals surface area (Å²) in [5.41, 5.74) is -0.242. The van der Waals surface area contributed by atoms with Gasteiger partial charge in [-0.25, -0.2) is 0 Å². The Bertz CT molecular complexity index is 310. The highest BCUT2D eigenvalue weighted by atomic mass is 32.2. The first-order valence-corrected chi connectivity index (χ1v) is 11.5. The van der Waals surface area contributed by atoms with Crippen molar-refractivity contribution in [1.82, 2.24) is 4.72 Å². The van der Waals surface area contributed by atoms with E-state index in [1.165, 1.54) is 0 Å². The van der Waals surface area contributed by atoms with Gasteiger partial charge in [0, 0.05) is 11.4 Å². The van der Waals surface area contributed by atoms with Crippen LogP contribution in [0.5, 0.6) is 0 Å². The monoisotopic (exact) mass is 321 g/mol. The van der Waals surface area contributed by atoms with Gasteiger partial charge in [-0.2, -0.15) is 0 Å². The van der Waals surface area contributed by atoms with Crippen LogP contribution in [-0.2, 0) is 15.8 Å². The van der Waals surface area contributed by atoms with Crippen LogP contribution in [-0.4, -0.2) is 29.8 Å². The maximum Gasteiger partial charge on any atom is 0.192 e. The maximum absolute atomic E-state index is 12.3. The molecular weight excluding hydrogens is 286 g/mol. The molecule has 0 radical (unpaired) electrons. The van der Waals surface area contributed by atoms with Crippen molar-refractivity contribution < 1.29 is 8.98 Å². The zero-order valence-electron chi connectivity index (χ0n) is 15.1. The van der Waals surface area contributed by atoms with Crippen molar-refractivity contribution in [2.75, 3.05) is 6.61 Å². The second-order valence-electron chi connectivity index (χ2n) is 8.45. The van der Waals surface area contributed by atoms with E-state index in [4.69, 9.17) is 4.43 Å². The van der Waals surface area contributed by atoms with Crippen LogP contribution in [0.3, 0.4) is 0 Å². The number of nitrogens with one attached hydrogen (secondary N) is 1. The van der Waals surface area contributed by atoms with E-state index in [0.717, 1.165) is 6.42 Å². The molecule has 0 aromatic heterocycles. The van der Waals surface area contributed by atoms with Crippen LogP contribution in [0.1, 0.15) is 61.8 Å². The highest BCUT2D eigenvalue weighted by molar-refractivity contribution is 7.90. The predicted octanol–water partition coefficient (Wildman–Crippen LogP) is 4.23. The second kappa shape index (κ2) is 6.69. The molecule has 0 aliphatic carbocycles. The van der Waals surface area contributed by atoms with E-state index in [-0.39, 0.29) is 15.3 Å². The fourth-order valence-corrected chi connectivity index (χ4v) is 3.21. The van der Waals surface area contributed by atoms with Gasteiger partial charge < -0.3 is 8.98 Å². The van der Waals surface area contributed by atoms with E-state index in [1.54, 1.807) is 0 Å². The predicted molar refractivity (Wildman–Crippen MR) is 92.9 cm³/mol. The van der Waals surface area contributed by atoms with Gasteiger partial charge in [0.1, 0.15) is 4.75 Å². The molecule has 20 heavy (non-hydrogen) atoms. The lowest BCUT2D eigenvalue weighted by molar-refractivity contribution is 0.193. The lowest BCUT2D eigenvalue weighted by Gasteiger charge is -2.40. The first kappa shape index (κ1) is 20.4. The summed E-state index contributed by atoms with van der Waals surface area (Å²) in [7, 11) is -1.77. The molecule has 2 atom stereocenters. The number of rotatable bonds is 6. The highest BCUT2D eigenvalue weighted by Gasteiger charge is 2.41. The van der Waals surface area contributed by atoms with Crippen LogP contribution >= 0.6 is 0 Å². The van der Waals surface area contributed by atoms with Crippen molar-refractivity contribution in [3.8, 4) is 0 Å². The summed E-state index contributed by atoms with van der Waals surface area (Å²) in [5, 5.41) is 0.199. The van der Waals surface area contributed by atoms with Gasteiger partial charge in [0.25, 0.3) is 0 Å². The van der Waals surface area contributed by atoms with Crippen LogP contribution in [0.15, 0.2) is 0 Å². The molecule has 0 heterocycles. The third-order valence-corrected chi connectivity index (χ3v) is 10.5. The van der Waals surface area contributed by atoms with Gasteiger partial charge in [-0.3, -0.25) is 0 Å². The summed E-state index contributed by atoms with van der Waals surface area (Å²) in [4.78, 5) is 0. The zero-order valence-corrected chi connectivity index (χ0v) is 17.0. The minimum atomic E-state index is -1.77. The Morgan fingerprint density at radius 3 is 1.80 bits per heavy atom. The van der Waals surface area contributed by atoms with Gasteiger partial charge in [-0.05, 0) is 52.2 Å². The van der Waals surface area contributed by atoms with Crippen molar-refractivity contribution in [1.29, 1.82) is 0 Å². The summed E-state index contributed by atoms with van der Waals surface area (Å²) in [6.45, 7) is 22.0. The van der Waals surface area contributed by atoms with Crippen LogP contribution in [0, 0.1) is 0 Å². The maximum atomic E-state index is 12.3. The topological polar surface area (TPSA) is 44.3 Å². The normalized spacial score (nSPS) is 18.8. The molecule has 122 valence electrons. The Morgan fingerprint density at radius 1 is 1.05 bits per heavy atom. The molecule has 0 fully saturated rings. The molecule has 0 aliphatic heterocycles. The quantitative estimate of drug-likeness (QED) is 0.588. The Labute approximate surface area is 130 Å². The Balaban J connectivity index is 4.77. The van der Waals surface area contributed by atoms with E-state index in [9.17, 15) is 4.55 Å². The average molecular weight is 322 g/mol. The van der Waals surface area contributed by atoms with Gasteiger partial charge >= 0.3 is 0 Å². The van der Waals surface area contributed by atoms with Crippen molar-refractivity contribution in [2.45, 2.75) is 90.2 Å². The number of hydrogen-bond acceptors (Lipinski definition) is 3. The molecule has 0 saturated carbocycles. The van der Waals surface area contributed by atoms with Gasteiger partial charge in [0.15, 0.2) is 8.32 Å².